The molecule has 0 fully saturated rings. The first kappa shape index (κ1) is 27.1. The van der Waals surface area contributed by atoms with Gasteiger partial charge in [-0.3, -0.25) is 0 Å². The number of hydrogen-bond donors (Lipinski definition) is 1. The van der Waals surface area contributed by atoms with Crippen LogP contribution in [-0.4, -0.2) is 59.0 Å². The fourth-order valence-corrected chi connectivity index (χ4v) is 1.46. The van der Waals surface area contributed by atoms with Crippen LogP contribution in [0.4, 0.5) is 70.2 Å². The van der Waals surface area contributed by atoms with Crippen molar-refractivity contribution >= 4 is 5.97 Å². The minimum absolute atomic E-state index is 1.75. The van der Waals surface area contributed by atoms with Gasteiger partial charge in [0.25, 0.3) is 0 Å². The fourth-order valence-electron chi connectivity index (χ4n) is 1.46. The van der Waals surface area contributed by atoms with Crippen molar-refractivity contribution in [2.45, 2.75) is 47.9 Å². The number of hydrogen-bond acceptors (Lipinski definition) is 1. The van der Waals surface area contributed by atoms with Gasteiger partial charge in [0.2, 0.25) is 6.17 Å². The lowest BCUT2D eigenvalue weighted by atomic mass is 9.89. The second-order valence-electron chi connectivity index (χ2n) is 5.19. The topological polar surface area (TPSA) is 37.3 Å². The van der Waals surface area contributed by atoms with E-state index in [-0.39, 0.29) is 0 Å². The summed E-state index contributed by atoms with van der Waals surface area (Å²) < 4.78 is 205. The zero-order valence-electron chi connectivity index (χ0n) is 12.7. The van der Waals surface area contributed by atoms with Crippen LogP contribution < -0.4 is 0 Å². The normalized spacial score (nSPS) is 16.6. The minimum Gasteiger partial charge on any atom is -0.478 e. The summed E-state index contributed by atoms with van der Waals surface area (Å²) in [7, 11) is 0. The molecule has 1 N–H and O–H groups in total. The Morgan fingerprint density at radius 3 is 1.24 bits per heavy atom. The lowest BCUT2D eigenvalue weighted by molar-refractivity contribution is -0.445. The van der Waals surface area contributed by atoms with E-state index in [0.717, 1.165) is 0 Å². The molecule has 0 amide bonds. The molecule has 0 heterocycles. The van der Waals surface area contributed by atoms with E-state index in [0.29, 0.717) is 0 Å². The fraction of sp³-hybridized carbons (Fsp3) is 0.727. The van der Waals surface area contributed by atoms with E-state index in [1.165, 1.54) is 0 Å². The second-order valence-corrected chi connectivity index (χ2v) is 5.19. The summed E-state index contributed by atoms with van der Waals surface area (Å²) in [4.78, 5) is 10.2. The number of rotatable bonds is 8. The van der Waals surface area contributed by atoms with E-state index < -0.39 is 59.4 Å². The molecule has 172 valence electrons. The largest absolute Gasteiger partial charge is 0.478 e. The van der Waals surface area contributed by atoms with Gasteiger partial charge < -0.3 is 5.11 Å². The molecule has 0 rings (SSSR count). The van der Waals surface area contributed by atoms with Crippen LogP contribution in [0.3, 0.4) is 0 Å². The maximum absolute atomic E-state index is 13.2. The first-order chi connectivity index (χ1) is 12.3. The highest BCUT2D eigenvalue weighted by Crippen LogP contribution is 2.61. The van der Waals surface area contributed by atoms with Crippen molar-refractivity contribution in [2.75, 3.05) is 0 Å². The van der Waals surface area contributed by atoms with Gasteiger partial charge in [-0.05, 0) is 0 Å². The third-order valence-electron chi connectivity index (χ3n) is 3.25. The van der Waals surface area contributed by atoms with E-state index in [1.54, 1.807) is 6.58 Å². The Morgan fingerprint density at radius 2 is 0.966 bits per heavy atom. The van der Waals surface area contributed by atoms with E-state index >= 15 is 0 Å². The lowest BCUT2D eigenvalue weighted by Gasteiger charge is -2.41. The predicted octanol–water partition coefficient (Wildman–Crippen LogP) is 5.34. The summed E-state index contributed by atoms with van der Waals surface area (Å²) in [6.07, 6.45) is -13.9. The van der Waals surface area contributed by atoms with Crippen LogP contribution in [0, 0.1) is 0 Å². The zero-order chi connectivity index (χ0) is 24.2. The third kappa shape index (κ3) is 3.57. The first-order valence-corrected chi connectivity index (χ1v) is 6.16. The van der Waals surface area contributed by atoms with Crippen LogP contribution in [0.1, 0.15) is 0 Å². The van der Waals surface area contributed by atoms with Gasteiger partial charge in [0.05, 0.1) is 0 Å². The predicted molar refractivity (Wildman–Crippen MR) is 57.4 cm³/mol. The van der Waals surface area contributed by atoms with Crippen molar-refractivity contribution in [1.29, 1.82) is 0 Å². The number of alkyl halides is 16. The summed E-state index contributed by atoms with van der Waals surface area (Å²) >= 11 is 0. The molecule has 0 aliphatic rings. The Morgan fingerprint density at radius 1 is 0.655 bits per heavy atom. The first-order valence-electron chi connectivity index (χ1n) is 6.16. The molecule has 0 aliphatic heterocycles. The van der Waals surface area contributed by atoms with Crippen molar-refractivity contribution in [3.8, 4) is 0 Å². The SMILES string of the molecule is C=C(C(=O)O)C(F)(F)C(F)C(F)(F)C(F)(F)C(F)(F)C(F)(F)C(F)(F)C(F)(F)F. The molecule has 0 aliphatic carbocycles. The molecule has 1 atom stereocenters. The van der Waals surface area contributed by atoms with E-state index in [2.05, 4.69) is 0 Å². The molecule has 0 aromatic rings. The van der Waals surface area contributed by atoms with Crippen molar-refractivity contribution < 1.29 is 80.1 Å². The average Bonchev–Trinajstić information content (AvgIpc) is 2.50. The number of carbonyl (C=O) groups is 1. The van der Waals surface area contributed by atoms with Crippen molar-refractivity contribution in [1.82, 2.24) is 0 Å². The maximum Gasteiger partial charge on any atom is 0.460 e. The van der Waals surface area contributed by atoms with Gasteiger partial charge in [0, 0.05) is 0 Å². The molecule has 0 bridgehead atoms. The zero-order valence-corrected chi connectivity index (χ0v) is 12.7. The summed E-state index contributed by atoms with van der Waals surface area (Å²) in [5.41, 5.74) is -2.99. The van der Waals surface area contributed by atoms with Crippen LogP contribution in [0.2, 0.25) is 0 Å². The number of aliphatic carboxylic acids is 1. The van der Waals surface area contributed by atoms with Crippen LogP contribution in [-0.2, 0) is 4.79 Å². The maximum atomic E-state index is 13.2. The highest BCUT2D eigenvalue weighted by atomic mass is 19.4. The van der Waals surface area contributed by atoms with Gasteiger partial charge >= 0.3 is 47.7 Å². The van der Waals surface area contributed by atoms with Crippen molar-refractivity contribution in [2.24, 2.45) is 0 Å². The van der Waals surface area contributed by atoms with Crippen LogP contribution >= 0.6 is 0 Å². The summed E-state index contributed by atoms with van der Waals surface area (Å²) in [5, 5.41) is 8.05. The molecule has 2 nitrogen and oxygen atoms in total. The Hall–Kier alpha value is -1.91. The van der Waals surface area contributed by atoms with Crippen LogP contribution in [0.5, 0.6) is 0 Å². The average molecular weight is 472 g/mol. The van der Waals surface area contributed by atoms with E-state index in [1.807, 2.05) is 0 Å². The summed E-state index contributed by atoms with van der Waals surface area (Å²) in [5.74, 6) is -50.6. The summed E-state index contributed by atoms with van der Waals surface area (Å²) in [6, 6.07) is 0. The van der Waals surface area contributed by atoms with Gasteiger partial charge in [-0.2, -0.15) is 65.9 Å². The van der Waals surface area contributed by atoms with Crippen molar-refractivity contribution in [3.05, 3.63) is 12.2 Å². The van der Waals surface area contributed by atoms with Gasteiger partial charge in [0.1, 0.15) is 5.57 Å². The van der Waals surface area contributed by atoms with Crippen LogP contribution in [0.25, 0.3) is 0 Å². The highest BCUT2D eigenvalue weighted by molar-refractivity contribution is 5.87. The van der Waals surface area contributed by atoms with Gasteiger partial charge in [-0.15, -0.1) is 0 Å². The molecule has 0 aromatic carbocycles. The van der Waals surface area contributed by atoms with Gasteiger partial charge in [-0.25, -0.2) is 9.18 Å². The van der Waals surface area contributed by atoms with Crippen molar-refractivity contribution in [3.63, 3.8) is 0 Å². The molecule has 29 heavy (non-hydrogen) atoms. The molecule has 18 heteroatoms. The Balaban J connectivity index is 6.58. The number of carboxylic acid groups (broad SMARTS) is 1. The molecular weight excluding hydrogens is 468 g/mol. The monoisotopic (exact) mass is 472 g/mol. The Bertz CT molecular complexity index is 660. The lowest BCUT2D eigenvalue weighted by Crippen LogP contribution is -2.72. The molecule has 0 saturated carbocycles. The molecule has 0 spiro atoms. The standard InChI is InChI=1S/C11H4F16O2/c1-2(3(28)29)5(13,14)4(12)6(15,16)7(17,18)8(19,20)9(21,22)10(23,24)11(25,26)27/h4H,1H2,(H,28,29). The molecular formula is C11H4F16O2. The number of halogens is 16. The Labute approximate surface area is 147 Å². The van der Waals surface area contributed by atoms with Gasteiger partial charge in [0.15, 0.2) is 0 Å². The van der Waals surface area contributed by atoms with E-state index in [9.17, 15) is 75.0 Å². The smallest absolute Gasteiger partial charge is 0.460 e. The molecule has 0 saturated heterocycles. The quantitative estimate of drug-likeness (QED) is 0.383. The minimum atomic E-state index is -8.49. The molecule has 0 aromatic heterocycles. The van der Waals surface area contributed by atoms with Gasteiger partial charge in [-0.1, -0.05) is 6.58 Å². The third-order valence-corrected chi connectivity index (χ3v) is 3.25. The highest BCUT2D eigenvalue weighted by Gasteiger charge is 2.92. The number of carboxylic acids is 1. The molecule has 1 unspecified atom stereocenters. The summed E-state index contributed by atoms with van der Waals surface area (Å²) in [6.45, 7) is 1.75. The Kier molecular flexibility index (Phi) is 6.37. The van der Waals surface area contributed by atoms with Crippen LogP contribution in [0.15, 0.2) is 12.2 Å². The second kappa shape index (κ2) is 6.82. The molecule has 0 radical (unpaired) electrons. The van der Waals surface area contributed by atoms with E-state index in [4.69, 9.17) is 5.11 Å².